The zero-order valence-corrected chi connectivity index (χ0v) is 16.3. The fourth-order valence-corrected chi connectivity index (χ4v) is 3.81. The van der Waals surface area contributed by atoms with E-state index in [2.05, 4.69) is 15.1 Å². The van der Waals surface area contributed by atoms with Gasteiger partial charge in [-0.05, 0) is 30.1 Å². The van der Waals surface area contributed by atoms with Crippen LogP contribution in [0.25, 0.3) is 5.69 Å². The highest BCUT2D eigenvalue weighted by molar-refractivity contribution is 7.97. The van der Waals surface area contributed by atoms with Crippen molar-refractivity contribution in [2.75, 3.05) is 19.0 Å². The van der Waals surface area contributed by atoms with Crippen LogP contribution in [0.5, 0.6) is 5.75 Å². The maximum absolute atomic E-state index is 12.5. The van der Waals surface area contributed by atoms with E-state index in [9.17, 15) is 10.1 Å². The molecule has 1 amide bonds. The Bertz CT molecular complexity index is 1090. The van der Waals surface area contributed by atoms with Crippen molar-refractivity contribution >= 4 is 23.7 Å². The van der Waals surface area contributed by atoms with Crippen molar-refractivity contribution in [2.24, 2.45) is 0 Å². The quantitative estimate of drug-likeness (QED) is 0.606. The summed E-state index contributed by atoms with van der Waals surface area (Å²) in [7, 11) is 1.55. The van der Waals surface area contributed by atoms with E-state index in [0.717, 1.165) is 10.5 Å². The highest BCUT2D eigenvalue weighted by Crippen LogP contribution is 2.35. The molecular weight excluding hydrogens is 390 g/mol. The molecule has 1 aliphatic rings. The van der Waals surface area contributed by atoms with Gasteiger partial charge in [-0.25, -0.2) is 9.40 Å². The molecule has 29 heavy (non-hydrogen) atoms. The third kappa shape index (κ3) is 3.95. The fourth-order valence-electron chi connectivity index (χ4n) is 2.95. The summed E-state index contributed by atoms with van der Waals surface area (Å²) in [5.74, 6) is 0.561. The number of carbonyl (C=O) groups is 1. The molecular formula is C20H17N5O3S. The second-order valence-electron chi connectivity index (χ2n) is 6.11. The van der Waals surface area contributed by atoms with Crippen molar-refractivity contribution in [3.8, 4) is 17.5 Å². The van der Waals surface area contributed by atoms with Gasteiger partial charge in [-0.3, -0.25) is 4.79 Å². The molecule has 0 saturated carbocycles. The highest BCUT2D eigenvalue weighted by Gasteiger charge is 2.24. The Labute approximate surface area is 171 Å². The van der Waals surface area contributed by atoms with E-state index >= 15 is 0 Å². The van der Waals surface area contributed by atoms with Crippen molar-refractivity contribution in [3.63, 3.8) is 0 Å². The van der Waals surface area contributed by atoms with E-state index in [1.54, 1.807) is 19.2 Å². The molecule has 1 atom stereocenters. The summed E-state index contributed by atoms with van der Waals surface area (Å²) in [4.78, 5) is 13.6. The normalized spacial score (nSPS) is 14.8. The molecule has 8 nitrogen and oxygen atoms in total. The second-order valence-corrected chi connectivity index (χ2v) is 6.99. The van der Waals surface area contributed by atoms with E-state index in [1.807, 2.05) is 42.5 Å². The lowest BCUT2D eigenvalue weighted by Gasteiger charge is -2.14. The Morgan fingerprint density at radius 1 is 1.31 bits per heavy atom. The summed E-state index contributed by atoms with van der Waals surface area (Å²) < 4.78 is 15.7. The molecule has 2 N–H and O–H groups in total. The van der Waals surface area contributed by atoms with Gasteiger partial charge < -0.3 is 14.8 Å². The second kappa shape index (κ2) is 8.36. The van der Waals surface area contributed by atoms with Gasteiger partial charge in [-0.1, -0.05) is 30.3 Å². The van der Waals surface area contributed by atoms with Crippen LogP contribution >= 0.6 is 11.9 Å². The number of hydrogen-bond acceptors (Lipinski definition) is 7. The van der Waals surface area contributed by atoms with Gasteiger partial charge in [-0.2, -0.15) is 10.4 Å². The largest absolute Gasteiger partial charge is 0.494 e. The molecule has 0 aliphatic carbocycles. The number of ether oxygens (including phenoxy) is 2. The first kappa shape index (κ1) is 19.0. The molecule has 2 aromatic carbocycles. The first-order chi connectivity index (χ1) is 14.2. The number of benzene rings is 2. The van der Waals surface area contributed by atoms with Crippen LogP contribution < -0.4 is 14.8 Å². The number of methoxy groups -OCH3 is 1. The maximum atomic E-state index is 12.5. The topological polar surface area (TPSA) is 101 Å². The molecule has 3 aromatic rings. The van der Waals surface area contributed by atoms with Crippen LogP contribution in [0.3, 0.4) is 0 Å². The highest BCUT2D eigenvalue weighted by atomic mass is 32.2. The molecule has 1 aliphatic heterocycles. The molecule has 9 heteroatoms. The molecule has 146 valence electrons. The molecule has 0 saturated heterocycles. The first-order valence-electron chi connectivity index (χ1n) is 8.76. The number of amides is 1. The maximum Gasteiger partial charge on any atom is 0.251 e. The van der Waals surface area contributed by atoms with E-state index < -0.39 is 0 Å². The number of aromatic nitrogens is 2. The Balaban J connectivity index is 1.49. The van der Waals surface area contributed by atoms with Crippen LogP contribution in [0.15, 0.2) is 59.5 Å². The molecule has 0 bridgehead atoms. The fraction of sp³-hybridized carbons (Fsp3) is 0.150. The van der Waals surface area contributed by atoms with E-state index in [0.29, 0.717) is 17.3 Å². The number of nitriles is 1. The standard InChI is InChI=1S/C20H17N5O3S/c1-27-16-8-4-3-7-15(16)25-18(10-13(11-21)23-25)22-19(26)12-28-20-14-6-2-5-9-17(14)29-24-20/h2-10,20,24H,12H2,1H3,(H,22,26). The minimum Gasteiger partial charge on any atom is -0.494 e. The zero-order valence-electron chi connectivity index (χ0n) is 15.5. The molecule has 0 fully saturated rings. The van der Waals surface area contributed by atoms with Crippen LogP contribution in [-0.4, -0.2) is 29.4 Å². The van der Waals surface area contributed by atoms with Gasteiger partial charge in [0.2, 0.25) is 0 Å². The van der Waals surface area contributed by atoms with E-state index in [4.69, 9.17) is 9.47 Å². The molecule has 0 radical (unpaired) electrons. The average molecular weight is 407 g/mol. The molecule has 1 aromatic heterocycles. The number of fused-ring (bicyclic) bond motifs is 1. The predicted molar refractivity (Wildman–Crippen MR) is 108 cm³/mol. The summed E-state index contributed by atoms with van der Waals surface area (Å²) in [5, 5.41) is 16.2. The monoisotopic (exact) mass is 407 g/mol. The first-order valence-corrected chi connectivity index (χ1v) is 9.57. The smallest absolute Gasteiger partial charge is 0.251 e. The Hall–Kier alpha value is -3.32. The minimum atomic E-state index is -0.365. The SMILES string of the molecule is COc1ccccc1-n1nc(C#N)cc1NC(=O)COC1NSc2ccccc21. The van der Waals surface area contributed by atoms with Crippen LogP contribution in [0, 0.1) is 11.3 Å². The Morgan fingerprint density at radius 3 is 2.93 bits per heavy atom. The molecule has 2 heterocycles. The third-order valence-corrected chi connectivity index (χ3v) is 5.19. The van der Waals surface area contributed by atoms with Gasteiger partial charge in [-0.15, -0.1) is 0 Å². The van der Waals surface area contributed by atoms with Gasteiger partial charge >= 0.3 is 0 Å². The van der Waals surface area contributed by atoms with Crippen LogP contribution in [0.4, 0.5) is 5.82 Å². The summed E-state index contributed by atoms with van der Waals surface area (Å²) in [5.41, 5.74) is 1.78. The summed E-state index contributed by atoms with van der Waals surface area (Å²) in [6, 6.07) is 18.5. The summed E-state index contributed by atoms with van der Waals surface area (Å²) in [6.07, 6.45) is -0.365. The van der Waals surface area contributed by atoms with Gasteiger partial charge in [0, 0.05) is 16.5 Å². The van der Waals surface area contributed by atoms with E-state index in [1.165, 1.54) is 22.7 Å². The minimum absolute atomic E-state index is 0.161. The number of rotatable bonds is 6. The van der Waals surface area contributed by atoms with Gasteiger partial charge in [0.05, 0.1) is 7.11 Å². The van der Waals surface area contributed by atoms with Gasteiger partial charge in [0.25, 0.3) is 5.91 Å². The molecule has 1 unspecified atom stereocenters. The Kier molecular flexibility index (Phi) is 5.48. The van der Waals surface area contributed by atoms with Crippen molar-refractivity contribution in [2.45, 2.75) is 11.1 Å². The lowest BCUT2D eigenvalue weighted by atomic mass is 10.2. The molecule has 4 rings (SSSR count). The van der Waals surface area contributed by atoms with Crippen LogP contribution in [0.1, 0.15) is 17.5 Å². The van der Waals surface area contributed by atoms with E-state index in [-0.39, 0.29) is 24.4 Å². The number of hydrogen-bond donors (Lipinski definition) is 2. The number of para-hydroxylation sites is 2. The Morgan fingerprint density at radius 2 is 2.10 bits per heavy atom. The summed E-state index contributed by atoms with van der Waals surface area (Å²) in [6.45, 7) is -0.161. The number of anilines is 1. The third-order valence-electron chi connectivity index (χ3n) is 4.26. The number of carbonyl (C=O) groups excluding carboxylic acids is 1. The molecule has 0 spiro atoms. The van der Waals surface area contributed by atoms with Crippen molar-refractivity contribution in [1.29, 1.82) is 5.26 Å². The lowest BCUT2D eigenvalue weighted by molar-refractivity contribution is -0.122. The van der Waals surface area contributed by atoms with Crippen LogP contribution in [0.2, 0.25) is 0 Å². The number of nitrogens with one attached hydrogen (secondary N) is 2. The van der Waals surface area contributed by atoms with Gasteiger partial charge in [0.1, 0.15) is 36.2 Å². The van der Waals surface area contributed by atoms with Crippen LogP contribution in [-0.2, 0) is 9.53 Å². The number of nitrogens with zero attached hydrogens (tertiary/aromatic N) is 3. The average Bonchev–Trinajstić information content (AvgIpc) is 3.36. The lowest BCUT2D eigenvalue weighted by Crippen LogP contribution is -2.23. The zero-order chi connectivity index (χ0) is 20.2. The van der Waals surface area contributed by atoms with Crippen molar-refractivity contribution in [3.05, 3.63) is 65.9 Å². The van der Waals surface area contributed by atoms with Crippen molar-refractivity contribution in [1.82, 2.24) is 14.5 Å². The summed E-state index contributed by atoms with van der Waals surface area (Å²) >= 11 is 1.47. The van der Waals surface area contributed by atoms with Gasteiger partial charge in [0.15, 0.2) is 5.69 Å². The van der Waals surface area contributed by atoms with Crippen molar-refractivity contribution < 1.29 is 14.3 Å². The predicted octanol–water partition coefficient (Wildman–Crippen LogP) is 3.02.